The van der Waals surface area contributed by atoms with Crippen LogP contribution in [-0.2, 0) is 0 Å². The van der Waals surface area contributed by atoms with Gasteiger partial charge in [0.25, 0.3) is 0 Å². The molecule has 9 nitrogen and oxygen atoms in total. The Morgan fingerprint density at radius 1 is 1.09 bits per heavy atom. The average molecular weight is 443 g/mol. The largest absolute Gasteiger partial charge is 0.384 e. The van der Waals surface area contributed by atoms with E-state index < -0.39 is 0 Å². The van der Waals surface area contributed by atoms with Gasteiger partial charge in [-0.05, 0) is 63.1 Å². The van der Waals surface area contributed by atoms with E-state index >= 15 is 0 Å². The van der Waals surface area contributed by atoms with Gasteiger partial charge in [0.05, 0.1) is 5.69 Å². The highest BCUT2D eigenvalue weighted by molar-refractivity contribution is 5.90. The summed E-state index contributed by atoms with van der Waals surface area (Å²) in [6.45, 7) is 4.70. The second kappa shape index (κ2) is 8.42. The lowest BCUT2D eigenvalue weighted by Crippen LogP contribution is -2.37. The molecule has 0 saturated carbocycles. The zero-order valence-corrected chi connectivity index (χ0v) is 18.6. The molecule has 4 N–H and O–H groups in total. The van der Waals surface area contributed by atoms with Crippen LogP contribution in [0.15, 0.2) is 54.7 Å². The van der Waals surface area contributed by atoms with Gasteiger partial charge in [0.15, 0.2) is 5.82 Å². The van der Waals surface area contributed by atoms with Gasteiger partial charge in [-0.3, -0.25) is 4.40 Å². The first kappa shape index (κ1) is 20.7. The Bertz CT molecular complexity index is 1290. The summed E-state index contributed by atoms with van der Waals surface area (Å²) in [6.07, 6.45) is 4.04. The fourth-order valence-corrected chi connectivity index (χ4v) is 4.24. The van der Waals surface area contributed by atoms with Crippen LogP contribution >= 0.6 is 0 Å². The predicted molar refractivity (Wildman–Crippen MR) is 130 cm³/mol. The number of carbonyl (C=O) groups is 1. The monoisotopic (exact) mass is 442 g/mol. The number of carbonyl (C=O) groups excluding carboxylic acids is 1. The van der Waals surface area contributed by atoms with Gasteiger partial charge in [0, 0.05) is 36.2 Å². The molecule has 0 spiro atoms. The number of fused-ring (bicyclic) bond motifs is 1. The minimum atomic E-state index is -0.0555. The molecular formula is C24H26N8O. The van der Waals surface area contributed by atoms with Gasteiger partial charge in [-0.25, -0.2) is 19.7 Å². The lowest BCUT2D eigenvalue weighted by Gasteiger charge is -2.21. The van der Waals surface area contributed by atoms with Crippen molar-refractivity contribution in [1.82, 2.24) is 24.3 Å². The van der Waals surface area contributed by atoms with Crippen LogP contribution < -0.4 is 16.4 Å². The van der Waals surface area contributed by atoms with Gasteiger partial charge in [0.1, 0.15) is 23.0 Å². The van der Waals surface area contributed by atoms with E-state index in [1.807, 2.05) is 64.9 Å². The smallest absolute Gasteiger partial charge is 0.322 e. The van der Waals surface area contributed by atoms with Crippen molar-refractivity contribution in [1.29, 1.82) is 0 Å². The van der Waals surface area contributed by atoms with Crippen molar-refractivity contribution in [3.63, 3.8) is 0 Å². The number of benzene rings is 1. The third-order valence-corrected chi connectivity index (χ3v) is 5.84. The average Bonchev–Trinajstić information content (AvgIpc) is 3.37. The van der Waals surface area contributed by atoms with Crippen LogP contribution in [0.2, 0.25) is 0 Å². The Balaban J connectivity index is 1.42. The normalized spacial score (nSPS) is 15.7. The maximum Gasteiger partial charge on any atom is 0.322 e. The fraction of sp³-hybridized carbons (Fsp3) is 0.250. The SMILES string of the molecule is Cc1nc(N)cc(-c2c(Nc3ccc(NC(=O)N4CCCC4C)cc3)nc3ccccn23)n1. The van der Waals surface area contributed by atoms with Crippen molar-refractivity contribution in [2.24, 2.45) is 0 Å². The zero-order valence-electron chi connectivity index (χ0n) is 18.6. The molecule has 1 aliphatic rings. The number of nitrogens with one attached hydrogen (secondary N) is 2. The number of hydrogen-bond donors (Lipinski definition) is 3. The van der Waals surface area contributed by atoms with Crippen LogP contribution in [0.25, 0.3) is 17.0 Å². The first-order valence-corrected chi connectivity index (χ1v) is 11.0. The molecule has 1 atom stereocenters. The highest BCUT2D eigenvalue weighted by Crippen LogP contribution is 2.31. The minimum absolute atomic E-state index is 0.0555. The number of likely N-dealkylation sites (tertiary alicyclic amines) is 1. The van der Waals surface area contributed by atoms with Gasteiger partial charge in [-0.15, -0.1) is 0 Å². The number of nitrogen functional groups attached to an aromatic ring is 1. The van der Waals surface area contributed by atoms with Crippen LogP contribution in [0.4, 0.5) is 27.8 Å². The number of hydrogen-bond acceptors (Lipinski definition) is 6. The number of nitrogens with two attached hydrogens (primary N) is 1. The quantitative estimate of drug-likeness (QED) is 0.431. The maximum absolute atomic E-state index is 12.5. The molecular weight excluding hydrogens is 416 g/mol. The summed E-state index contributed by atoms with van der Waals surface area (Å²) in [5.41, 5.74) is 9.84. The van der Waals surface area contributed by atoms with Gasteiger partial charge in [0.2, 0.25) is 0 Å². The summed E-state index contributed by atoms with van der Waals surface area (Å²) in [4.78, 5) is 27.9. The van der Waals surface area contributed by atoms with Crippen LogP contribution in [0, 0.1) is 6.92 Å². The molecule has 1 unspecified atom stereocenters. The van der Waals surface area contributed by atoms with E-state index in [0.29, 0.717) is 23.2 Å². The molecule has 1 fully saturated rings. The van der Waals surface area contributed by atoms with Crippen molar-refractivity contribution in [2.45, 2.75) is 32.7 Å². The summed E-state index contributed by atoms with van der Waals surface area (Å²) < 4.78 is 1.97. The van der Waals surface area contributed by atoms with Crippen molar-refractivity contribution in [3.05, 3.63) is 60.6 Å². The highest BCUT2D eigenvalue weighted by atomic mass is 16.2. The molecule has 0 aliphatic carbocycles. The highest BCUT2D eigenvalue weighted by Gasteiger charge is 2.25. The summed E-state index contributed by atoms with van der Waals surface area (Å²) in [5.74, 6) is 1.65. The fourth-order valence-electron chi connectivity index (χ4n) is 4.24. The Labute approximate surface area is 191 Å². The minimum Gasteiger partial charge on any atom is -0.384 e. The molecule has 33 heavy (non-hydrogen) atoms. The summed E-state index contributed by atoms with van der Waals surface area (Å²) in [5, 5.41) is 6.37. The van der Waals surface area contributed by atoms with Crippen LogP contribution in [0.1, 0.15) is 25.6 Å². The summed E-state index contributed by atoms with van der Waals surface area (Å²) in [7, 11) is 0. The molecule has 0 bridgehead atoms. The zero-order chi connectivity index (χ0) is 22.9. The van der Waals surface area contributed by atoms with Gasteiger partial charge >= 0.3 is 6.03 Å². The molecule has 4 heterocycles. The second-order valence-electron chi connectivity index (χ2n) is 8.28. The molecule has 4 aromatic rings. The third kappa shape index (κ3) is 4.17. The van der Waals surface area contributed by atoms with Gasteiger partial charge in [-0.1, -0.05) is 6.07 Å². The lowest BCUT2D eigenvalue weighted by molar-refractivity contribution is 0.210. The number of pyridine rings is 1. The Kier molecular flexibility index (Phi) is 5.29. The van der Waals surface area contributed by atoms with Crippen LogP contribution in [0.3, 0.4) is 0 Å². The summed E-state index contributed by atoms with van der Waals surface area (Å²) >= 11 is 0. The van der Waals surface area contributed by atoms with Crippen molar-refractivity contribution >= 4 is 34.7 Å². The number of urea groups is 1. The molecule has 2 amide bonds. The van der Waals surface area contributed by atoms with E-state index in [9.17, 15) is 4.79 Å². The summed E-state index contributed by atoms with van der Waals surface area (Å²) in [6, 6.07) is 15.4. The van der Waals surface area contributed by atoms with E-state index in [-0.39, 0.29) is 12.1 Å². The predicted octanol–water partition coefficient (Wildman–Crippen LogP) is 4.44. The second-order valence-corrected chi connectivity index (χ2v) is 8.28. The number of anilines is 4. The number of imidazole rings is 1. The molecule has 168 valence electrons. The standard InChI is InChI=1S/C24H26N8O/c1-15-6-5-13-31(15)24(33)29-18-10-8-17(9-11-18)28-23-22(19-14-20(25)27-16(2)26-19)32-12-4-3-7-21(32)30-23/h3-4,7-12,14-15,28H,5-6,13H2,1-2H3,(H,29,33)(H2,25,26,27). The topological polar surface area (TPSA) is 113 Å². The number of nitrogens with zero attached hydrogens (tertiary/aromatic N) is 5. The van der Waals surface area contributed by atoms with E-state index in [1.165, 1.54) is 0 Å². The number of rotatable bonds is 4. The van der Waals surface area contributed by atoms with Crippen molar-refractivity contribution < 1.29 is 4.79 Å². The van der Waals surface area contributed by atoms with Crippen LogP contribution in [-0.4, -0.2) is 42.9 Å². The Hall–Kier alpha value is -4.14. The third-order valence-electron chi connectivity index (χ3n) is 5.84. The number of aryl methyl sites for hydroxylation is 1. The molecule has 1 saturated heterocycles. The first-order chi connectivity index (χ1) is 16.0. The first-order valence-electron chi connectivity index (χ1n) is 11.0. The number of aromatic nitrogens is 4. The molecule has 9 heteroatoms. The van der Waals surface area contributed by atoms with E-state index in [4.69, 9.17) is 10.7 Å². The molecule has 1 aromatic carbocycles. The lowest BCUT2D eigenvalue weighted by atomic mass is 10.2. The number of amides is 2. The molecule has 5 rings (SSSR count). The van der Waals surface area contributed by atoms with E-state index in [0.717, 1.165) is 42.1 Å². The van der Waals surface area contributed by atoms with E-state index in [2.05, 4.69) is 27.5 Å². The van der Waals surface area contributed by atoms with E-state index in [1.54, 1.807) is 6.07 Å². The van der Waals surface area contributed by atoms with Crippen molar-refractivity contribution in [3.8, 4) is 11.4 Å². The van der Waals surface area contributed by atoms with Crippen molar-refractivity contribution in [2.75, 3.05) is 22.9 Å². The van der Waals surface area contributed by atoms with Gasteiger partial charge in [-0.2, -0.15) is 0 Å². The van der Waals surface area contributed by atoms with Gasteiger partial charge < -0.3 is 21.3 Å². The Morgan fingerprint density at radius 3 is 2.61 bits per heavy atom. The maximum atomic E-state index is 12.5. The molecule has 0 radical (unpaired) electrons. The molecule has 1 aliphatic heterocycles. The van der Waals surface area contributed by atoms with Crippen LogP contribution in [0.5, 0.6) is 0 Å². The molecule has 3 aromatic heterocycles. The Morgan fingerprint density at radius 2 is 1.88 bits per heavy atom.